The highest BCUT2D eigenvalue weighted by molar-refractivity contribution is 5.83. The lowest BCUT2D eigenvalue weighted by molar-refractivity contribution is -0.147. The highest BCUT2D eigenvalue weighted by atomic mass is 16.5. The van der Waals surface area contributed by atoms with E-state index in [2.05, 4.69) is 5.32 Å². The summed E-state index contributed by atoms with van der Waals surface area (Å²) in [4.78, 5) is 24.8. The van der Waals surface area contributed by atoms with Gasteiger partial charge in [0.05, 0.1) is 13.2 Å². The lowest BCUT2D eigenvalue weighted by Gasteiger charge is -2.34. The second-order valence-electron chi connectivity index (χ2n) is 5.61. The highest BCUT2D eigenvalue weighted by Crippen LogP contribution is 2.18. The van der Waals surface area contributed by atoms with Crippen molar-refractivity contribution in [1.82, 2.24) is 10.2 Å². The lowest BCUT2D eigenvalue weighted by atomic mass is 9.97. The van der Waals surface area contributed by atoms with Crippen LogP contribution in [0, 0.1) is 0 Å². The van der Waals surface area contributed by atoms with Gasteiger partial charge in [-0.25, -0.2) is 9.59 Å². The monoisotopic (exact) mass is 284 g/mol. The van der Waals surface area contributed by atoms with E-state index in [1.54, 1.807) is 0 Å². The van der Waals surface area contributed by atoms with Crippen LogP contribution in [0.25, 0.3) is 0 Å². The first-order valence-electron chi connectivity index (χ1n) is 7.56. The molecule has 1 aliphatic carbocycles. The van der Waals surface area contributed by atoms with Gasteiger partial charge in [-0.3, -0.25) is 0 Å². The average Bonchev–Trinajstić information content (AvgIpc) is 2.41. The van der Waals surface area contributed by atoms with Gasteiger partial charge in [-0.2, -0.15) is 0 Å². The van der Waals surface area contributed by atoms with Gasteiger partial charge in [0.2, 0.25) is 0 Å². The quantitative estimate of drug-likeness (QED) is 0.807. The van der Waals surface area contributed by atoms with Crippen LogP contribution >= 0.6 is 0 Å². The summed E-state index contributed by atoms with van der Waals surface area (Å²) in [6, 6.07) is -0.941. The zero-order valence-electron chi connectivity index (χ0n) is 11.8. The van der Waals surface area contributed by atoms with Gasteiger partial charge in [0, 0.05) is 12.6 Å². The van der Waals surface area contributed by atoms with Crippen molar-refractivity contribution in [1.29, 1.82) is 0 Å². The van der Waals surface area contributed by atoms with Crippen molar-refractivity contribution in [2.75, 3.05) is 19.8 Å². The van der Waals surface area contributed by atoms with E-state index in [0.717, 1.165) is 25.7 Å². The van der Waals surface area contributed by atoms with Crippen molar-refractivity contribution in [3.63, 3.8) is 0 Å². The van der Waals surface area contributed by atoms with Gasteiger partial charge in [-0.05, 0) is 12.8 Å². The van der Waals surface area contributed by atoms with Crippen molar-refractivity contribution in [2.45, 2.75) is 57.0 Å². The normalized spacial score (nSPS) is 25.6. The molecular weight excluding hydrogens is 260 g/mol. The fraction of sp³-hybridized carbons (Fsp3) is 0.857. The number of aliphatic carboxylic acids is 1. The Bertz CT molecular complexity index is 340. The SMILES string of the molecule is O=C(O)C1COCCN1C(=O)NC1CCCCCCC1. The van der Waals surface area contributed by atoms with Crippen molar-refractivity contribution < 1.29 is 19.4 Å². The largest absolute Gasteiger partial charge is 0.480 e. The first-order valence-corrected chi connectivity index (χ1v) is 7.56. The van der Waals surface area contributed by atoms with Crippen molar-refractivity contribution in [3.05, 3.63) is 0 Å². The number of ether oxygens (including phenoxy) is 1. The maximum Gasteiger partial charge on any atom is 0.328 e. The van der Waals surface area contributed by atoms with Gasteiger partial charge >= 0.3 is 12.0 Å². The van der Waals surface area contributed by atoms with E-state index in [9.17, 15) is 9.59 Å². The molecule has 2 amide bonds. The number of hydrogen-bond acceptors (Lipinski definition) is 3. The molecule has 20 heavy (non-hydrogen) atoms. The zero-order valence-corrected chi connectivity index (χ0v) is 11.8. The summed E-state index contributed by atoms with van der Waals surface area (Å²) in [7, 11) is 0. The van der Waals surface area contributed by atoms with Crippen molar-refractivity contribution in [3.8, 4) is 0 Å². The van der Waals surface area contributed by atoms with E-state index in [-0.39, 0.29) is 18.7 Å². The minimum absolute atomic E-state index is 0.0768. The molecule has 1 aliphatic heterocycles. The molecule has 114 valence electrons. The van der Waals surface area contributed by atoms with Crippen LogP contribution in [0.3, 0.4) is 0 Å². The first kappa shape index (κ1) is 15.1. The molecule has 0 aromatic rings. The number of hydrogen-bond donors (Lipinski definition) is 2. The Labute approximate surface area is 119 Å². The molecule has 0 aromatic carbocycles. The minimum atomic E-state index is -1.00. The number of rotatable bonds is 2. The maximum absolute atomic E-state index is 12.3. The third-order valence-corrected chi connectivity index (χ3v) is 4.11. The molecule has 0 radical (unpaired) electrons. The fourth-order valence-electron chi connectivity index (χ4n) is 2.91. The number of carbonyl (C=O) groups is 2. The Kier molecular flexibility index (Phi) is 5.64. The van der Waals surface area contributed by atoms with E-state index in [1.165, 1.54) is 24.2 Å². The van der Waals surface area contributed by atoms with Gasteiger partial charge < -0.3 is 20.1 Å². The number of carboxylic acids is 1. The van der Waals surface area contributed by atoms with Crippen LogP contribution in [0.1, 0.15) is 44.9 Å². The van der Waals surface area contributed by atoms with Crippen LogP contribution in [0.5, 0.6) is 0 Å². The molecule has 6 heteroatoms. The van der Waals surface area contributed by atoms with Crippen LogP contribution < -0.4 is 5.32 Å². The van der Waals surface area contributed by atoms with Crippen molar-refractivity contribution >= 4 is 12.0 Å². The number of morpholine rings is 1. The molecule has 0 aromatic heterocycles. The van der Waals surface area contributed by atoms with E-state index in [1.807, 2.05) is 0 Å². The smallest absolute Gasteiger partial charge is 0.328 e. The predicted octanol–water partition coefficient (Wildman–Crippen LogP) is 1.59. The lowest BCUT2D eigenvalue weighted by Crippen LogP contribution is -2.57. The van der Waals surface area contributed by atoms with E-state index >= 15 is 0 Å². The molecule has 2 N–H and O–H groups in total. The molecule has 0 spiro atoms. The van der Waals surface area contributed by atoms with E-state index in [0.29, 0.717) is 13.2 Å². The Hall–Kier alpha value is -1.30. The van der Waals surface area contributed by atoms with Gasteiger partial charge in [0.1, 0.15) is 0 Å². The topological polar surface area (TPSA) is 78.9 Å². The van der Waals surface area contributed by atoms with Crippen LogP contribution in [-0.2, 0) is 9.53 Å². The molecule has 1 saturated heterocycles. The van der Waals surface area contributed by atoms with E-state index in [4.69, 9.17) is 9.84 Å². The molecule has 0 bridgehead atoms. The molecule has 1 unspecified atom stereocenters. The van der Waals surface area contributed by atoms with Gasteiger partial charge in [-0.1, -0.05) is 32.1 Å². The van der Waals surface area contributed by atoms with Crippen LogP contribution in [-0.4, -0.2) is 53.8 Å². The molecule has 1 atom stereocenters. The number of carbonyl (C=O) groups excluding carboxylic acids is 1. The summed E-state index contributed by atoms with van der Waals surface area (Å²) >= 11 is 0. The third-order valence-electron chi connectivity index (χ3n) is 4.11. The summed E-state index contributed by atoms with van der Waals surface area (Å²) in [5, 5.41) is 12.2. The summed E-state index contributed by atoms with van der Waals surface area (Å²) in [5.74, 6) is -1.00. The Morgan fingerprint density at radius 3 is 2.40 bits per heavy atom. The summed E-state index contributed by atoms with van der Waals surface area (Å²) < 4.78 is 5.15. The summed E-state index contributed by atoms with van der Waals surface area (Å²) in [6.07, 6.45) is 7.99. The van der Waals surface area contributed by atoms with Gasteiger partial charge in [0.25, 0.3) is 0 Å². The molecule has 1 heterocycles. The van der Waals surface area contributed by atoms with Crippen LogP contribution in [0.2, 0.25) is 0 Å². The second-order valence-corrected chi connectivity index (χ2v) is 5.61. The van der Waals surface area contributed by atoms with E-state index < -0.39 is 12.0 Å². The standard InChI is InChI=1S/C14H24N2O4/c17-13(18)12-10-20-9-8-16(12)14(19)15-11-6-4-2-1-3-5-7-11/h11-12H,1-10H2,(H,15,19)(H,17,18). The van der Waals surface area contributed by atoms with Crippen LogP contribution in [0.15, 0.2) is 0 Å². The zero-order chi connectivity index (χ0) is 14.4. The van der Waals surface area contributed by atoms with Crippen molar-refractivity contribution in [2.24, 2.45) is 0 Å². The molecule has 2 fully saturated rings. The molecule has 6 nitrogen and oxygen atoms in total. The molecule has 2 aliphatic rings. The van der Waals surface area contributed by atoms with Crippen LogP contribution in [0.4, 0.5) is 4.79 Å². The van der Waals surface area contributed by atoms with Gasteiger partial charge in [0.15, 0.2) is 6.04 Å². The molecule has 1 saturated carbocycles. The number of nitrogens with one attached hydrogen (secondary N) is 1. The Morgan fingerprint density at radius 2 is 1.75 bits per heavy atom. The number of carboxylic acid groups (broad SMARTS) is 1. The molecular formula is C14H24N2O4. The third kappa shape index (κ3) is 4.10. The number of urea groups is 1. The Morgan fingerprint density at radius 1 is 1.10 bits per heavy atom. The first-order chi connectivity index (χ1) is 9.68. The summed E-state index contributed by atoms with van der Waals surface area (Å²) in [5.41, 5.74) is 0. The summed E-state index contributed by atoms with van der Waals surface area (Å²) in [6.45, 7) is 0.824. The Balaban J connectivity index is 1.89. The minimum Gasteiger partial charge on any atom is -0.480 e. The number of amides is 2. The fourth-order valence-corrected chi connectivity index (χ4v) is 2.91. The van der Waals surface area contributed by atoms with Gasteiger partial charge in [-0.15, -0.1) is 0 Å². The number of nitrogens with zero attached hydrogens (tertiary/aromatic N) is 1. The predicted molar refractivity (Wildman–Crippen MR) is 73.6 cm³/mol. The maximum atomic E-state index is 12.3. The second kappa shape index (κ2) is 7.47. The average molecular weight is 284 g/mol. The molecule has 2 rings (SSSR count). The highest BCUT2D eigenvalue weighted by Gasteiger charge is 2.33.